The molecule has 3 N–H and O–H groups in total. The van der Waals surface area contributed by atoms with Gasteiger partial charge in [0.15, 0.2) is 0 Å². The van der Waals surface area contributed by atoms with E-state index in [0.717, 1.165) is 12.1 Å². The number of nitrogens with one attached hydrogen (secondary N) is 2. The normalized spacial score (nSPS) is 10.3. The lowest BCUT2D eigenvalue weighted by Crippen LogP contribution is -2.25. The van der Waals surface area contributed by atoms with Crippen LogP contribution in [0, 0.1) is 10.1 Å². The van der Waals surface area contributed by atoms with Gasteiger partial charge in [0.2, 0.25) is 0 Å². The third-order valence-corrected chi connectivity index (χ3v) is 2.76. The van der Waals surface area contributed by atoms with Crippen LogP contribution in [-0.4, -0.2) is 37.7 Å². The average molecular weight is 291 g/mol. The van der Waals surface area contributed by atoms with Crippen molar-refractivity contribution in [1.29, 1.82) is 0 Å². The Morgan fingerprint density at radius 1 is 1.48 bits per heavy atom. The number of benzene rings is 1. The van der Waals surface area contributed by atoms with Crippen molar-refractivity contribution in [3.05, 3.63) is 46.0 Å². The number of nitrogens with zero attached hydrogens (tertiary/aromatic N) is 3. The minimum Gasteiger partial charge on any atom is -0.508 e. The smallest absolute Gasteiger partial charge is 0.282 e. The molecule has 0 unspecified atom stereocenters. The number of phenolic OH excluding ortho intramolecular Hbond substituents is 1. The van der Waals surface area contributed by atoms with Gasteiger partial charge in [-0.3, -0.25) is 20.0 Å². The van der Waals surface area contributed by atoms with Crippen LogP contribution in [0.1, 0.15) is 22.6 Å². The summed E-state index contributed by atoms with van der Waals surface area (Å²) in [7, 11) is 0. The lowest BCUT2D eigenvalue weighted by Gasteiger charge is -2.05. The summed E-state index contributed by atoms with van der Waals surface area (Å²) in [5.74, 6) is -0.102. The highest BCUT2D eigenvalue weighted by molar-refractivity contribution is 5.98. The molecule has 2 aromatic rings. The van der Waals surface area contributed by atoms with Crippen LogP contribution in [0.4, 0.5) is 5.69 Å². The molecule has 1 aromatic carbocycles. The number of aromatic hydroxyl groups is 1. The van der Waals surface area contributed by atoms with Crippen molar-refractivity contribution in [2.75, 3.05) is 6.54 Å². The zero-order valence-electron chi connectivity index (χ0n) is 10.9. The number of aromatic amines is 1. The largest absolute Gasteiger partial charge is 0.508 e. The Kier molecular flexibility index (Phi) is 4.44. The second kappa shape index (κ2) is 6.46. The number of aryl methyl sites for hydroxylation is 1. The molecule has 0 aliphatic carbocycles. The molecule has 0 spiro atoms. The summed E-state index contributed by atoms with van der Waals surface area (Å²) >= 11 is 0. The van der Waals surface area contributed by atoms with Crippen LogP contribution in [0.15, 0.2) is 24.5 Å². The molecule has 1 amide bonds. The van der Waals surface area contributed by atoms with E-state index in [1.165, 1.54) is 12.4 Å². The summed E-state index contributed by atoms with van der Waals surface area (Å²) in [6.07, 6.45) is 2.60. The van der Waals surface area contributed by atoms with Gasteiger partial charge in [0.25, 0.3) is 11.6 Å². The van der Waals surface area contributed by atoms with Crippen LogP contribution < -0.4 is 5.32 Å². The molecule has 0 atom stereocenters. The molecule has 0 saturated heterocycles. The number of carbonyl (C=O) groups is 1. The molecule has 0 aliphatic rings. The molecule has 110 valence electrons. The molecular weight excluding hydrogens is 278 g/mol. The minimum atomic E-state index is -0.664. The first kappa shape index (κ1) is 14.4. The van der Waals surface area contributed by atoms with Gasteiger partial charge in [-0.2, -0.15) is 5.10 Å². The number of rotatable bonds is 6. The number of hydrogen-bond donors (Lipinski definition) is 3. The van der Waals surface area contributed by atoms with Gasteiger partial charge < -0.3 is 10.4 Å². The van der Waals surface area contributed by atoms with E-state index in [0.29, 0.717) is 25.2 Å². The van der Waals surface area contributed by atoms with Gasteiger partial charge in [0.1, 0.15) is 23.5 Å². The van der Waals surface area contributed by atoms with Crippen LogP contribution >= 0.6 is 0 Å². The fourth-order valence-electron chi connectivity index (χ4n) is 1.77. The molecule has 0 aliphatic heterocycles. The molecule has 0 fully saturated rings. The van der Waals surface area contributed by atoms with E-state index in [1.807, 2.05) is 0 Å². The minimum absolute atomic E-state index is 0.167. The molecule has 9 nitrogen and oxygen atoms in total. The SMILES string of the molecule is O=C(NCCCc1ncn[nH]1)c1cc(O)ccc1[N+](=O)[O-]. The van der Waals surface area contributed by atoms with Crippen molar-refractivity contribution in [1.82, 2.24) is 20.5 Å². The second-order valence-electron chi connectivity index (χ2n) is 4.25. The van der Waals surface area contributed by atoms with E-state index < -0.39 is 10.8 Å². The number of hydrogen-bond acceptors (Lipinski definition) is 6. The van der Waals surface area contributed by atoms with Crippen molar-refractivity contribution < 1.29 is 14.8 Å². The van der Waals surface area contributed by atoms with Crippen LogP contribution in [0.2, 0.25) is 0 Å². The van der Waals surface area contributed by atoms with Crippen molar-refractivity contribution >= 4 is 11.6 Å². The molecule has 9 heteroatoms. The fourth-order valence-corrected chi connectivity index (χ4v) is 1.77. The number of nitro groups is 1. The number of nitro benzene ring substituents is 1. The van der Waals surface area contributed by atoms with Crippen LogP contribution in [0.5, 0.6) is 5.75 Å². The lowest BCUT2D eigenvalue weighted by atomic mass is 10.1. The molecule has 0 radical (unpaired) electrons. The molecule has 1 heterocycles. The van der Waals surface area contributed by atoms with Crippen molar-refractivity contribution in [3.63, 3.8) is 0 Å². The number of amides is 1. The third-order valence-electron chi connectivity index (χ3n) is 2.76. The van der Waals surface area contributed by atoms with Crippen molar-refractivity contribution in [2.24, 2.45) is 0 Å². The van der Waals surface area contributed by atoms with Gasteiger partial charge in [-0.15, -0.1) is 0 Å². The van der Waals surface area contributed by atoms with Gasteiger partial charge in [-0.05, 0) is 18.6 Å². The summed E-state index contributed by atoms with van der Waals surface area (Å²) in [5.41, 5.74) is -0.514. The van der Waals surface area contributed by atoms with E-state index in [4.69, 9.17) is 0 Å². The van der Waals surface area contributed by atoms with Gasteiger partial charge in [-0.25, -0.2) is 4.98 Å². The molecule has 0 saturated carbocycles. The summed E-state index contributed by atoms with van der Waals surface area (Å²) in [4.78, 5) is 26.0. The average Bonchev–Trinajstić information content (AvgIpc) is 2.96. The van der Waals surface area contributed by atoms with Crippen molar-refractivity contribution in [3.8, 4) is 5.75 Å². The maximum absolute atomic E-state index is 11.9. The first-order chi connectivity index (χ1) is 10.1. The van der Waals surface area contributed by atoms with E-state index in [9.17, 15) is 20.0 Å². The summed E-state index contributed by atoms with van der Waals surface area (Å²) in [6, 6.07) is 3.33. The maximum Gasteiger partial charge on any atom is 0.282 e. The number of aromatic nitrogens is 3. The molecule has 21 heavy (non-hydrogen) atoms. The highest BCUT2D eigenvalue weighted by Crippen LogP contribution is 2.23. The van der Waals surface area contributed by atoms with Crippen LogP contribution in [0.3, 0.4) is 0 Å². The van der Waals surface area contributed by atoms with E-state index in [-0.39, 0.29) is 17.0 Å². The lowest BCUT2D eigenvalue weighted by molar-refractivity contribution is -0.385. The van der Waals surface area contributed by atoms with E-state index in [2.05, 4.69) is 20.5 Å². The maximum atomic E-state index is 11.9. The highest BCUT2D eigenvalue weighted by atomic mass is 16.6. The number of H-pyrrole nitrogens is 1. The van der Waals surface area contributed by atoms with Crippen LogP contribution in [-0.2, 0) is 6.42 Å². The first-order valence-corrected chi connectivity index (χ1v) is 6.18. The summed E-state index contributed by atoms with van der Waals surface area (Å²) < 4.78 is 0. The van der Waals surface area contributed by atoms with Crippen LogP contribution in [0.25, 0.3) is 0 Å². The molecule has 2 rings (SSSR count). The Labute approximate surface area is 119 Å². The standard InChI is InChI=1S/C12H13N5O4/c18-8-3-4-10(17(20)21)9(6-8)12(19)13-5-1-2-11-14-7-15-16-11/h3-4,6-7,18H,1-2,5H2,(H,13,19)(H,14,15,16). The molecular formula is C12H13N5O4. The highest BCUT2D eigenvalue weighted by Gasteiger charge is 2.20. The monoisotopic (exact) mass is 291 g/mol. The Bertz CT molecular complexity index is 641. The number of carbonyl (C=O) groups excluding carboxylic acids is 1. The van der Waals surface area contributed by atoms with Gasteiger partial charge in [-0.1, -0.05) is 0 Å². The Hall–Kier alpha value is -2.97. The second-order valence-corrected chi connectivity index (χ2v) is 4.25. The topological polar surface area (TPSA) is 134 Å². The van der Waals surface area contributed by atoms with E-state index in [1.54, 1.807) is 0 Å². The van der Waals surface area contributed by atoms with Gasteiger partial charge in [0.05, 0.1) is 4.92 Å². The van der Waals surface area contributed by atoms with Gasteiger partial charge in [0, 0.05) is 19.0 Å². The Morgan fingerprint density at radius 3 is 2.95 bits per heavy atom. The fraction of sp³-hybridized carbons (Fsp3) is 0.250. The summed E-state index contributed by atoms with van der Waals surface area (Å²) in [5, 5.41) is 29.1. The van der Waals surface area contributed by atoms with Crippen molar-refractivity contribution in [2.45, 2.75) is 12.8 Å². The zero-order valence-corrected chi connectivity index (χ0v) is 10.9. The third kappa shape index (κ3) is 3.75. The zero-order chi connectivity index (χ0) is 15.2. The van der Waals surface area contributed by atoms with Gasteiger partial charge >= 0.3 is 0 Å². The Morgan fingerprint density at radius 2 is 2.29 bits per heavy atom. The molecule has 1 aromatic heterocycles. The Balaban J connectivity index is 1.93. The molecule has 0 bridgehead atoms. The summed E-state index contributed by atoms with van der Waals surface area (Å²) in [6.45, 7) is 0.326. The predicted octanol–water partition coefficient (Wildman–Crippen LogP) is 0.781. The quantitative estimate of drug-likeness (QED) is 0.409. The van der Waals surface area contributed by atoms with E-state index >= 15 is 0 Å². The number of phenols is 1. The predicted molar refractivity (Wildman–Crippen MR) is 71.8 cm³/mol. The first-order valence-electron chi connectivity index (χ1n) is 6.18.